The van der Waals surface area contributed by atoms with Gasteiger partial charge in [0.05, 0.1) is 17.7 Å². The summed E-state index contributed by atoms with van der Waals surface area (Å²) >= 11 is 0. The minimum absolute atomic E-state index is 0.000389. The predicted octanol–water partition coefficient (Wildman–Crippen LogP) is 1.58. The van der Waals surface area contributed by atoms with Crippen LogP contribution in [0.3, 0.4) is 0 Å². The number of ether oxygens (including phenoxy) is 4. The third-order valence-electron chi connectivity index (χ3n) is 7.46. The highest BCUT2D eigenvalue weighted by Crippen LogP contribution is 2.29. The molecule has 1 aliphatic heterocycles. The first-order chi connectivity index (χ1) is 22.2. The highest BCUT2D eigenvalue weighted by Gasteiger charge is 2.47. The van der Waals surface area contributed by atoms with Crippen LogP contribution < -0.4 is 20.5 Å². The summed E-state index contributed by atoms with van der Waals surface area (Å²) in [6.45, 7) is 1.43. The number of hydrogen-bond acceptors (Lipinski definition) is 10. The molecule has 47 heavy (non-hydrogen) atoms. The number of fused-ring (bicyclic) bond motifs is 1. The van der Waals surface area contributed by atoms with Gasteiger partial charge in [-0.2, -0.15) is 13.2 Å². The molecule has 0 spiro atoms. The third-order valence-corrected chi connectivity index (χ3v) is 7.46. The Morgan fingerprint density at radius 1 is 1.04 bits per heavy atom. The summed E-state index contributed by atoms with van der Waals surface area (Å²) < 4.78 is 60.5. The van der Waals surface area contributed by atoms with Crippen LogP contribution in [0.5, 0.6) is 11.5 Å². The number of carboxylic acids is 1. The molecule has 13 nitrogen and oxygen atoms in total. The Hall–Kier alpha value is -3.93. The highest BCUT2D eigenvalue weighted by atomic mass is 19.4. The SMILES string of the molecule is C[C@H](Cc1cc(C(N)=O)c2c(ccn2CCCO[C@@H]2O[C@H](C(=O)O)[C@@H](O)[C@H](O)[C@H]2O)c1)NCCOc1ccccc1OCC(F)(F)F. The summed E-state index contributed by atoms with van der Waals surface area (Å²) in [5.74, 6) is -1.94. The van der Waals surface area contributed by atoms with Gasteiger partial charge in [0.1, 0.15) is 24.9 Å². The number of para-hydroxylation sites is 2. The van der Waals surface area contributed by atoms with Gasteiger partial charge in [0.25, 0.3) is 5.91 Å². The van der Waals surface area contributed by atoms with E-state index in [1.165, 1.54) is 12.1 Å². The maximum Gasteiger partial charge on any atom is 0.422 e. The average Bonchev–Trinajstić information content (AvgIpc) is 3.42. The molecule has 2 heterocycles. The molecular weight excluding hydrogens is 631 g/mol. The Bertz CT molecular complexity index is 1520. The number of rotatable bonds is 16. The fraction of sp³-hybridized carbons (Fsp3) is 0.484. The Balaban J connectivity index is 1.30. The van der Waals surface area contributed by atoms with Crippen molar-refractivity contribution in [3.8, 4) is 11.5 Å². The minimum Gasteiger partial charge on any atom is -0.488 e. The number of aryl methyl sites for hydroxylation is 1. The summed E-state index contributed by atoms with van der Waals surface area (Å²) in [5.41, 5.74) is 7.49. The van der Waals surface area contributed by atoms with Gasteiger partial charge in [-0.3, -0.25) is 4.79 Å². The molecular formula is C31H38F3N3O10. The maximum atomic E-state index is 12.5. The zero-order chi connectivity index (χ0) is 34.3. The largest absolute Gasteiger partial charge is 0.488 e. The molecule has 2 aromatic carbocycles. The summed E-state index contributed by atoms with van der Waals surface area (Å²) in [7, 11) is 0. The molecule has 3 aromatic rings. The molecule has 0 saturated carbocycles. The zero-order valence-corrected chi connectivity index (χ0v) is 25.4. The van der Waals surface area contributed by atoms with Crippen LogP contribution in [0.15, 0.2) is 48.7 Å². The molecule has 258 valence electrons. The van der Waals surface area contributed by atoms with Crippen LogP contribution >= 0.6 is 0 Å². The number of carboxylic acid groups (broad SMARTS) is 1. The van der Waals surface area contributed by atoms with Gasteiger partial charge in [-0.1, -0.05) is 12.1 Å². The maximum absolute atomic E-state index is 12.5. The lowest BCUT2D eigenvalue weighted by Gasteiger charge is -2.38. The summed E-state index contributed by atoms with van der Waals surface area (Å²) in [4.78, 5) is 23.7. The Labute approximate surface area is 267 Å². The van der Waals surface area contributed by atoms with Crippen molar-refractivity contribution in [2.24, 2.45) is 5.73 Å². The molecule has 16 heteroatoms. The second-order valence-electron chi connectivity index (χ2n) is 11.2. The number of primary amides is 1. The first kappa shape index (κ1) is 35.9. The second-order valence-corrected chi connectivity index (χ2v) is 11.2. The van der Waals surface area contributed by atoms with Gasteiger partial charge in [-0.25, -0.2) is 4.79 Å². The van der Waals surface area contributed by atoms with E-state index in [1.807, 2.05) is 23.6 Å². The van der Waals surface area contributed by atoms with Crippen molar-refractivity contribution in [2.45, 2.75) is 69.2 Å². The van der Waals surface area contributed by atoms with E-state index >= 15 is 0 Å². The number of aliphatic carboxylic acids is 1. The van der Waals surface area contributed by atoms with Crippen LogP contribution in [0.1, 0.15) is 29.3 Å². The van der Waals surface area contributed by atoms with E-state index in [0.29, 0.717) is 37.0 Å². The van der Waals surface area contributed by atoms with Gasteiger partial charge < -0.3 is 55.0 Å². The van der Waals surface area contributed by atoms with Crippen molar-refractivity contribution in [3.05, 3.63) is 59.8 Å². The molecule has 0 aliphatic carbocycles. The topological polar surface area (TPSA) is 195 Å². The number of nitrogens with one attached hydrogen (secondary N) is 1. The van der Waals surface area contributed by atoms with Crippen molar-refractivity contribution in [1.82, 2.24) is 9.88 Å². The molecule has 0 unspecified atom stereocenters. The number of carbonyl (C=O) groups is 2. The van der Waals surface area contributed by atoms with Gasteiger partial charge in [-0.05, 0) is 55.7 Å². The first-order valence-electron chi connectivity index (χ1n) is 14.9. The number of amides is 1. The fourth-order valence-electron chi connectivity index (χ4n) is 5.27. The van der Waals surface area contributed by atoms with Gasteiger partial charge in [0, 0.05) is 30.7 Å². The number of alkyl halides is 3. The molecule has 1 aliphatic rings. The van der Waals surface area contributed by atoms with Crippen molar-refractivity contribution < 1.29 is 62.1 Å². The minimum atomic E-state index is -4.47. The average molecular weight is 670 g/mol. The van der Waals surface area contributed by atoms with Gasteiger partial charge in [0.15, 0.2) is 30.5 Å². The lowest BCUT2D eigenvalue weighted by Crippen LogP contribution is -2.60. The molecule has 1 fully saturated rings. The van der Waals surface area contributed by atoms with Gasteiger partial charge >= 0.3 is 12.1 Å². The normalized spacial score (nSPS) is 22.2. The van der Waals surface area contributed by atoms with Gasteiger partial charge in [-0.15, -0.1) is 0 Å². The molecule has 4 rings (SSSR count). The number of hydrogen-bond donors (Lipinski definition) is 6. The van der Waals surface area contributed by atoms with Crippen molar-refractivity contribution in [3.63, 3.8) is 0 Å². The van der Waals surface area contributed by atoms with E-state index in [2.05, 4.69) is 5.32 Å². The van der Waals surface area contributed by atoms with Crippen molar-refractivity contribution in [1.29, 1.82) is 0 Å². The van der Waals surface area contributed by atoms with Gasteiger partial charge in [0.2, 0.25) is 0 Å². The van der Waals surface area contributed by atoms with E-state index in [1.54, 1.807) is 24.4 Å². The fourth-order valence-corrected chi connectivity index (χ4v) is 5.27. The monoisotopic (exact) mass is 669 g/mol. The van der Waals surface area contributed by atoms with Crippen LogP contribution in [0.25, 0.3) is 10.9 Å². The lowest BCUT2D eigenvalue weighted by atomic mass is 9.99. The molecule has 0 radical (unpaired) electrons. The molecule has 0 bridgehead atoms. The quantitative estimate of drug-likeness (QED) is 0.121. The number of halogens is 3. The van der Waals surface area contributed by atoms with Crippen LogP contribution in [-0.2, 0) is 27.2 Å². The van der Waals surface area contributed by atoms with E-state index in [9.17, 15) is 43.2 Å². The van der Waals surface area contributed by atoms with Crippen molar-refractivity contribution in [2.75, 3.05) is 26.4 Å². The van der Waals surface area contributed by atoms with E-state index in [0.717, 1.165) is 10.9 Å². The number of benzene rings is 2. The molecule has 1 amide bonds. The Morgan fingerprint density at radius 3 is 2.40 bits per heavy atom. The first-order valence-corrected chi connectivity index (χ1v) is 14.9. The number of aromatic nitrogens is 1. The third kappa shape index (κ3) is 9.56. The summed E-state index contributed by atoms with van der Waals surface area (Å²) in [6, 6.07) is 11.5. The number of aliphatic hydroxyl groups excluding tert-OH is 3. The Kier molecular flexibility index (Phi) is 12.1. The molecule has 6 atom stereocenters. The second kappa shape index (κ2) is 15.8. The number of nitrogens with two attached hydrogens (primary N) is 1. The number of nitrogens with zero attached hydrogens (tertiary/aromatic N) is 1. The molecule has 7 N–H and O–H groups in total. The standard InChI is InChI=1S/C31H38F3N3O10/c1-17(36-8-12-44-21-5-2-3-6-22(21)46-16-31(32,33)34)13-18-14-19-7-10-37(23(19)20(15-18)28(35)41)9-4-11-45-30-26(40)24(38)25(39)27(47-30)29(42)43/h2-3,5-7,10,14-15,17,24-27,30,36,38-40H,4,8-9,11-13,16H2,1H3,(H2,35,41)(H,42,43)/t17-,24+,25+,26-,27+,30-/m1/s1. The van der Waals surface area contributed by atoms with Crippen LogP contribution in [0.4, 0.5) is 13.2 Å². The lowest BCUT2D eigenvalue weighted by molar-refractivity contribution is -0.294. The number of carbonyl (C=O) groups excluding carboxylic acids is 1. The predicted molar refractivity (Wildman–Crippen MR) is 160 cm³/mol. The summed E-state index contributed by atoms with van der Waals surface area (Å²) in [5, 5.41) is 43.1. The zero-order valence-electron chi connectivity index (χ0n) is 25.4. The molecule has 1 saturated heterocycles. The van der Waals surface area contributed by atoms with Crippen LogP contribution in [0, 0.1) is 0 Å². The Morgan fingerprint density at radius 2 is 1.74 bits per heavy atom. The van der Waals surface area contributed by atoms with Crippen LogP contribution in [0.2, 0.25) is 0 Å². The molecule has 1 aromatic heterocycles. The summed E-state index contributed by atoms with van der Waals surface area (Å²) in [6.07, 6.45) is -10.3. The van der Waals surface area contributed by atoms with E-state index < -0.39 is 55.4 Å². The van der Waals surface area contributed by atoms with E-state index in [4.69, 9.17) is 24.7 Å². The highest BCUT2D eigenvalue weighted by molar-refractivity contribution is 6.05. The van der Waals surface area contributed by atoms with E-state index in [-0.39, 0.29) is 30.8 Å². The van der Waals surface area contributed by atoms with Crippen LogP contribution in [-0.4, -0.2) is 106 Å². The van der Waals surface area contributed by atoms with Crippen molar-refractivity contribution >= 4 is 22.8 Å². The number of aliphatic hydroxyl groups is 3. The smallest absolute Gasteiger partial charge is 0.422 e.